The number of halogens is 2. The fourth-order valence-electron chi connectivity index (χ4n) is 4.67. The van der Waals surface area contributed by atoms with Gasteiger partial charge in [0.2, 0.25) is 5.91 Å². The number of nitrogens with zero attached hydrogens (tertiary/aromatic N) is 6. The number of carbonyl (C=O) groups is 2. The van der Waals surface area contributed by atoms with Gasteiger partial charge in [0.25, 0.3) is 12.3 Å². The molecule has 4 rings (SSSR count). The van der Waals surface area contributed by atoms with Gasteiger partial charge in [-0.15, -0.1) is 0 Å². The van der Waals surface area contributed by atoms with E-state index in [4.69, 9.17) is 5.73 Å². The van der Waals surface area contributed by atoms with Gasteiger partial charge in [-0.25, -0.2) is 13.8 Å². The Morgan fingerprint density at radius 2 is 1.98 bits per heavy atom. The maximum atomic E-state index is 13.5. The Morgan fingerprint density at radius 1 is 1.27 bits per heavy atom. The largest absolute Gasteiger partial charge is 0.396 e. The number of aromatic nitrogens is 3. The van der Waals surface area contributed by atoms with Gasteiger partial charge >= 0.3 is 0 Å². The molecule has 2 saturated heterocycles. The van der Waals surface area contributed by atoms with Crippen LogP contribution in [0.4, 0.5) is 8.78 Å². The quantitative estimate of drug-likeness (QED) is 0.397. The predicted molar refractivity (Wildman–Crippen MR) is 146 cm³/mol. The zero-order valence-electron chi connectivity index (χ0n) is 22.9. The van der Waals surface area contributed by atoms with Crippen molar-refractivity contribution < 1.29 is 23.5 Å². The van der Waals surface area contributed by atoms with Crippen molar-refractivity contribution in [3.63, 3.8) is 0 Å². The molecule has 13 heteroatoms. The van der Waals surface area contributed by atoms with Gasteiger partial charge < -0.3 is 21.1 Å². The Morgan fingerprint density at radius 3 is 2.60 bits per heavy atom. The first kappa shape index (κ1) is 29.3. The first-order chi connectivity index (χ1) is 19.0. The lowest BCUT2D eigenvalue weighted by atomic mass is 9.97. The third kappa shape index (κ3) is 6.70. The molecule has 216 valence electrons. The number of aliphatic hydroxyl groups is 1. The van der Waals surface area contributed by atoms with E-state index in [2.05, 4.69) is 25.3 Å². The Hall–Kier alpha value is -3.71. The van der Waals surface area contributed by atoms with Gasteiger partial charge in [0.05, 0.1) is 35.8 Å². The molecule has 0 spiro atoms. The lowest BCUT2D eigenvalue weighted by Crippen LogP contribution is -2.57. The molecule has 0 aliphatic carbocycles. The summed E-state index contributed by atoms with van der Waals surface area (Å²) in [6.07, 6.45) is 3.28. The minimum Gasteiger partial charge on any atom is -0.396 e. The number of carbonyl (C=O) groups excluding carboxylic acids is 2. The second-order valence-electron chi connectivity index (χ2n) is 10.8. The summed E-state index contributed by atoms with van der Waals surface area (Å²) < 4.78 is 28.6. The summed E-state index contributed by atoms with van der Waals surface area (Å²) >= 11 is 0. The summed E-state index contributed by atoms with van der Waals surface area (Å²) in [5.74, 6) is -0.620. The van der Waals surface area contributed by atoms with E-state index in [9.17, 15) is 23.5 Å². The van der Waals surface area contributed by atoms with Gasteiger partial charge in [-0.1, -0.05) is 6.07 Å². The SMILES string of the molecule is CC(=O)N1CCC(N2CC(N=CC(NC(=O)c3cccc(-c4cnn(C(C)(C)CO)c4)n3)=C(N)C(F)F)C2)CC1. The molecule has 2 aliphatic heterocycles. The molecular formula is C27H36F2N8O3. The highest BCUT2D eigenvalue weighted by Crippen LogP contribution is 2.24. The number of nitrogens with two attached hydrogens (primary N) is 1. The van der Waals surface area contributed by atoms with Crippen LogP contribution in [-0.4, -0.2) is 99.0 Å². The summed E-state index contributed by atoms with van der Waals surface area (Å²) in [6, 6.07) is 5.05. The van der Waals surface area contributed by atoms with Crippen LogP contribution in [0.1, 0.15) is 44.1 Å². The number of pyridine rings is 1. The predicted octanol–water partition coefficient (Wildman–Crippen LogP) is 1.60. The molecule has 0 saturated carbocycles. The molecule has 40 heavy (non-hydrogen) atoms. The molecule has 4 N–H and O–H groups in total. The molecule has 2 amide bonds. The third-order valence-electron chi connectivity index (χ3n) is 7.39. The standard InChI is InChI=1S/C27H36F2N8O3/c1-17(39)35-9-7-20(8-10-35)36-14-19(15-36)31-12-23(24(30)25(28)29)34-26(40)22-6-4-5-21(33-22)18-11-32-37(13-18)27(2,3)16-38/h4-6,11-13,19-20,25,38H,7-10,14-16,30H2,1-3H3,(H,34,40). The van der Waals surface area contributed by atoms with E-state index in [-0.39, 0.29) is 29.9 Å². The number of likely N-dealkylation sites (tertiary alicyclic amines) is 2. The fraction of sp³-hybridized carbons (Fsp3) is 0.519. The number of allylic oxidation sites excluding steroid dienone is 2. The Labute approximate surface area is 231 Å². The maximum Gasteiger partial charge on any atom is 0.279 e. The number of aliphatic imine (C=N–C) groups is 1. The first-order valence-corrected chi connectivity index (χ1v) is 13.2. The normalized spacial score (nSPS) is 18.2. The number of nitrogens with one attached hydrogen (secondary N) is 1. The Balaban J connectivity index is 1.40. The molecular weight excluding hydrogens is 522 g/mol. The molecule has 0 atom stereocenters. The van der Waals surface area contributed by atoms with Gasteiger partial charge in [0, 0.05) is 57.1 Å². The fourth-order valence-corrected chi connectivity index (χ4v) is 4.67. The number of amides is 2. The van der Waals surface area contributed by atoms with Crippen molar-refractivity contribution in [1.29, 1.82) is 0 Å². The zero-order valence-corrected chi connectivity index (χ0v) is 22.9. The van der Waals surface area contributed by atoms with Gasteiger partial charge in [-0.05, 0) is 38.8 Å². The van der Waals surface area contributed by atoms with Crippen molar-refractivity contribution in [3.8, 4) is 11.3 Å². The molecule has 11 nitrogen and oxygen atoms in total. The van der Waals surface area contributed by atoms with Crippen LogP contribution in [-0.2, 0) is 10.3 Å². The van der Waals surface area contributed by atoms with Crippen molar-refractivity contribution in [1.82, 2.24) is 29.9 Å². The van der Waals surface area contributed by atoms with Crippen LogP contribution in [0, 0.1) is 0 Å². The molecule has 2 aliphatic rings. The van der Waals surface area contributed by atoms with Gasteiger partial charge in [0.1, 0.15) is 11.4 Å². The highest BCUT2D eigenvalue weighted by Gasteiger charge is 2.34. The average molecular weight is 559 g/mol. The van der Waals surface area contributed by atoms with E-state index in [1.165, 1.54) is 12.3 Å². The summed E-state index contributed by atoms with van der Waals surface area (Å²) in [5.41, 5.74) is 5.04. The number of alkyl halides is 2. The number of hydrogen-bond donors (Lipinski definition) is 3. The van der Waals surface area contributed by atoms with E-state index < -0.39 is 23.6 Å². The first-order valence-electron chi connectivity index (χ1n) is 13.2. The van der Waals surface area contributed by atoms with Crippen molar-refractivity contribution in [2.75, 3.05) is 32.8 Å². The molecule has 0 unspecified atom stereocenters. The van der Waals surface area contributed by atoms with E-state index >= 15 is 0 Å². The maximum absolute atomic E-state index is 13.5. The van der Waals surface area contributed by atoms with Crippen LogP contribution < -0.4 is 11.1 Å². The molecule has 2 fully saturated rings. The molecule has 0 radical (unpaired) electrons. The minimum atomic E-state index is -2.98. The highest BCUT2D eigenvalue weighted by molar-refractivity contribution is 5.98. The van der Waals surface area contributed by atoms with Crippen LogP contribution in [0.5, 0.6) is 0 Å². The molecule has 0 bridgehead atoms. The van der Waals surface area contributed by atoms with Gasteiger partial charge in [-0.2, -0.15) is 5.10 Å². The summed E-state index contributed by atoms with van der Waals surface area (Å²) in [6.45, 7) is 7.90. The monoisotopic (exact) mass is 558 g/mol. The number of piperidine rings is 1. The lowest BCUT2D eigenvalue weighted by molar-refractivity contribution is -0.130. The second kappa shape index (κ2) is 12.2. The molecule has 0 aromatic carbocycles. The van der Waals surface area contributed by atoms with Crippen LogP contribution in [0.3, 0.4) is 0 Å². The van der Waals surface area contributed by atoms with Crippen LogP contribution in [0.15, 0.2) is 47.0 Å². The van der Waals surface area contributed by atoms with E-state index in [0.717, 1.165) is 25.9 Å². The van der Waals surface area contributed by atoms with Crippen molar-refractivity contribution in [2.45, 2.75) is 57.7 Å². The van der Waals surface area contributed by atoms with E-state index in [1.54, 1.807) is 36.1 Å². The number of aliphatic hydroxyl groups excluding tert-OH is 1. The zero-order chi connectivity index (χ0) is 29.0. The van der Waals surface area contributed by atoms with Crippen molar-refractivity contribution in [3.05, 3.63) is 47.7 Å². The van der Waals surface area contributed by atoms with Gasteiger partial charge in [-0.3, -0.25) is 24.2 Å². The molecule has 2 aromatic heterocycles. The van der Waals surface area contributed by atoms with E-state index in [0.29, 0.717) is 30.4 Å². The highest BCUT2D eigenvalue weighted by atomic mass is 19.3. The van der Waals surface area contributed by atoms with Crippen LogP contribution in [0.2, 0.25) is 0 Å². The average Bonchev–Trinajstić information content (AvgIpc) is 3.43. The number of rotatable bonds is 9. The topological polar surface area (TPSA) is 142 Å². The summed E-state index contributed by atoms with van der Waals surface area (Å²) in [7, 11) is 0. The second-order valence-corrected chi connectivity index (χ2v) is 10.8. The third-order valence-corrected chi connectivity index (χ3v) is 7.39. The lowest BCUT2D eigenvalue weighted by Gasteiger charge is -2.45. The molecule has 2 aromatic rings. The minimum absolute atomic E-state index is 0.00589. The van der Waals surface area contributed by atoms with Crippen molar-refractivity contribution in [2.24, 2.45) is 10.7 Å². The van der Waals surface area contributed by atoms with Crippen molar-refractivity contribution >= 4 is 18.0 Å². The number of hydrogen-bond acceptors (Lipinski definition) is 8. The Kier molecular flexibility index (Phi) is 8.94. The van der Waals surface area contributed by atoms with Crippen LogP contribution >= 0.6 is 0 Å². The van der Waals surface area contributed by atoms with E-state index in [1.807, 2.05) is 18.7 Å². The summed E-state index contributed by atoms with van der Waals surface area (Å²) in [4.78, 5) is 37.4. The molecule has 4 heterocycles. The Bertz CT molecular complexity index is 1280. The summed E-state index contributed by atoms with van der Waals surface area (Å²) in [5, 5.41) is 16.3. The van der Waals surface area contributed by atoms with Gasteiger partial charge in [0.15, 0.2) is 0 Å². The smallest absolute Gasteiger partial charge is 0.279 e. The van der Waals surface area contributed by atoms with Crippen LogP contribution in [0.25, 0.3) is 11.3 Å².